The summed E-state index contributed by atoms with van der Waals surface area (Å²) < 4.78 is 43.7. The zero-order valence-corrected chi connectivity index (χ0v) is 16.8. The lowest BCUT2D eigenvalue weighted by Gasteiger charge is -2.29. The van der Waals surface area contributed by atoms with E-state index in [4.69, 9.17) is 4.74 Å². The smallest absolute Gasteiger partial charge is 0.416 e. The molecule has 0 atom stereocenters. The number of carbonyl (C=O) groups excluding carboxylic acids is 3. The van der Waals surface area contributed by atoms with Crippen molar-refractivity contribution in [3.05, 3.63) is 59.2 Å². The fourth-order valence-corrected chi connectivity index (χ4v) is 3.21. The van der Waals surface area contributed by atoms with E-state index < -0.39 is 11.7 Å². The second-order valence-corrected chi connectivity index (χ2v) is 7.15. The fourth-order valence-electron chi connectivity index (χ4n) is 3.21. The molecule has 3 rings (SSSR count). The van der Waals surface area contributed by atoms with Gasteiger partial charge in [0.25, 0.3) is 5.91 Å². The molecule has 1 aliphatic heterocycles. The highest BCUT2D eigenvalue weighted by Crippen LogP contribution is 2.33. The molecule has 1 N–H and O–H groups in total. The molecule has 2 aromatic rings. The van der Waals surface area contributed by atoms with E-state index in [2.05, 4.69) is 5.32 Å². The first-order chi connectivity index (χ1) is 14.6. The van der Waals surface area contributed by atoms with Gasteiger partial charge in [0, 0.05) is 25.1 Å². The summed E-state index contributed by atoms with van der Waals surface area (Å²) in [4.78, 5) is 37.5. The molecule has 0 unspecified atom stereocenters. The molecule has 164 valence electrons. The van der Waals surface area contributed by atoms with Crippen LogP contribution in [0.15, 0.2) is 42.5 Å². The normalized spacial score (nSPS) is 13.4. The minimum atomic E-state index is -4.44. The number of ketones is 1. The van der Waals surface area contributed by atoms with Crippen molar-refractivity contribution in [1.29, 1.82) is 0 Å². The summed E-state index contributed by atoms with van der Waals surface area (Å²) in [5.74, 6) is -0.276. The summed E-state index contributed by atoms with van der Waals surface area (Å²) in [5, 5.41) is 2.59. The zero-order valence-electron chi connectivity index (χ0n) is 16.8. The Morgan fingerprint density at radius 2 is 1.94 bits per heavy atom. The van der Waals surface area contributed by atoms with Gasteiger partial charge in [-0.2, -0.15) is 13.2 Å². The molecule has 2 amide bonds. The quantitative estimate of drug-likeness (QED) is 0.674. The number of rotatable bonds is 7. The Hall–Kier alpha value is -3.36. The average molecular weight is 434 g/mol. The van der Waals surface area contributed by atoms with Crippen LogP contribution in [-0.4, -0.2) is 30.7 Å². The topological polar surface area (TPSA) is 75.7 Å². The highest BCUT2D eigenvalue weighted by atomic mass is 19.4. The van der Waals surface area contributed by atoms with Gasteiger partial charge < -0.3 is 15.0 Å². The first-order valence-electron chi connectivity index (χ1n) is 9.66. The van der Waals surface area contributed by atoms with Gasteiger partial charge in [-0.25, -0.2) is 0 Å². The van der Waals surface area contributed by atoms with E-state index in [0.29, 0.717) is 29.0 Å². The standard InChI is InChI=1S/C22H21F3N2O4/c1-14(28)16-7-8-19-18(11-16)27(21(30)13-31-19)9-3-6-20(29)26-12-15-4-2-5-17(10-15)22(23,24)25/h2,4-5,7-8,10-11H,3,6,9,12-13H2,1H3,(H,26,29). The second kappa shape index (κ2) is 9.20. The molecule has 31 heavy (non-hydrogen) atoms. The number of ether oxygens (including phenoxy) is 1. The number of carbonyl (C=O) groups is 3. The van der Waals surface area contributed by atoms with Crippen LogP contribution in [-0.2, 0) is 22.3 Å². The molecule has 0 radical (unpaired) electrons. The Labute approximate surface area is 177 Å². The van der Waals surface area contributed by atoms with Crippen molar-refractivity contribution in [3.63, 3.8) is 0 Å². The molecule has 0 saturated carbocycles. The van der Waals surface area contributed by atoms with E-state index in [1.54, 1.807) is 18.2 Å². The van der Waals surface area contributed by atoms with E-state index in [-0.39, 0.29) is 43.7 Å². The summed E-state index contributed by atoms with van der Waals surface area (Å²) in [6.45, 7) is 1.51. The molecule has 1 heterocycles. The SMILES string of the molecule is CC(=O)c1ccc2c(c1)N(CCCC(=O)NCc1cccc(C(F)(F)F)c1)C(=O)CO2. The van der Waals surface area contributed by atoms with E-state index in [0.717, 1.165) is 12.1 Å². The highest BCUT2D eigenvalue weighted by molar-refractivity contribution is 6.01. The third-order valence-electron chi connectivity index (χ3n) is 4.84. The van der Waals surface area contributed by atoms with E-state index in [9.17, 15) is 27.6 Å². The molecule has 9 heteroatoms. The Morgan fingerprint density at radius 1 is 1.16 bits per heavy atom. The van der Waals surface area contributed by atoms with Crippen molar-refractivity contribution >= 4 is 23.3 Å². The van der Waals surface area contributed by atoms with Crippen LogP contribution in [0.4, 0.5) is 18.9 Å². The molecular formula is C22H21F3N2O4. The van der Waals surface area contributed by atoms with Crippen LogP contribution in [0.3, 0.4) is 0 Å². The van der Waals surface area contributed by atoms with E-state index >= 15 is 0 Å². The maximum Gasteiger partial charge on any atom is 0.416 e. The molecular weight excluding hydrogens is 413 g/mol. The Balaban J connectivity index is 1.55. The maximum absolute atomic E-state index is 12.8. The molecule has 0 aromatic heterocycles. The number of alkyl halides is 3. The lowest BCUT2D eigenvalue weighted by atomic mass is 10.1. The third kappa shape index (κ3) is 5.62. The number of nitrogens with zero attached hydrogens (tertiary/aromatic N) is 1. The van der Waals surface area contributed by atoms with Crippen LogP contribution in [0.2, 0.25) is 0 Å². The molecule has 6 nitrogen and oxygen atoms in total. The van der Waals surface area contributed by atoms with Gasteiger partial charge in [0.1, 0.15) is 5.75 Å². The summed E-state index contributed by atoms with van der Waals surface area (Å²) in [6.07, 6.45) is -4.02. The number of halogens is 3. The largest absolute Gasteiger partial charge is 0.482 e. The predicted octanol–water partition coefficient (Wildman–Crippen LogP) is 3.73. The number of Topliss-reactive ketones (excluding diaryl/α,β-unsaturated/α-hetero) is 1. The van der Waals surface area contributed by atoms with Crippen LogP contribution >= 0.6 is 0 Å². The van der Waals surface area contributed by atoms with Gasteiger partial charge in [-0.05, 0) is 49.2 Å². The minimum Gasteiger partial charge on any atom is -0.482 e. The predicted molar refractivity (Wildman–Crippen MR) is 107 cm³/mol. The van der Waals surface area contributed by atoms with Crippen LogP contribution < -0.4 is 15.0 Å². The second-order valence-electron chi connectivity index (χ2n) is 7.15. The monoisotopic (exact) mass is 434 g/mol. The summed E-state index contributed by atoms with van der Waals surface area (Å²) >= 11 is 0. The molecule has 0 saturated heterocycles. The number of hydrogen-bond acceptors (Lipinski definition) is 4. The van der Waals surface area contributed by atoms with Gasteiger partial charge in [-0.15, -0.1) is 0 Å². The van der Waals surface area contributed by atoms with Crippen molar-refractivity contribution in [1.82, 2.24) is 5.32 Å². The van der Waals surface area contributed by atoms with Crippen LogP contribution in [0.5, 0.6) is 5.75 Å². The number of hydrogen-bond donors (Lipinski definition) is 1. The van der Waals surface area contributed by atoms with Gasteiger partial charge in [0.2, 0.25) is 5.91 Å². The van der Waals surface area contributed by atoms with Gasteiger partial charge in [0.15, 0.2) is 12.4 Å². The van der Waals surface area contributed by atoms with Crippen molar-refractivity contribution in [2.45, 2.75) is 32.5 Å². The minimum absolute atomic E-state index is 0.0238. The molecule has 1 aliphatic rings. The Bertz CT molecular complexity index is 1000. The summed E-state index contributed by atoms with van der Waals surface area (Å²) in [6, 6.07) is 9.61. The molecule has 0 bridgehead atoms. The lowest BCUT2D eigenvalue weighted by Crippen LogP contribution is -2.40. The molecule has 0 fully saturated rings. The number of anilines is 1. The molecule has 0 spiro atoms. The number of fused-ring (bicyclic) bond motifs is 1. The van der Waals surface area contributed by atoms with Gasteiger partial charge in [-0.3, -0.25) is 14.4 Å². The van der Waals surface area contributed by atoms with Crippen LogP contribution in [0.1, 0.15) is 41.3 Å². The Morgan fingerprint density at radius 3 is 2.65 bits per heavy atom. The molecule has 0 aliphatic carbocycles. The zero-order chi connectivity index (χ0) is 22.6. The van der Waals surface area contributed by atoms with Crippen LogP contribution in [0.25, 0.3) is 0 Å². The molecule has 2 aromatic carbocycles. The van der Waals surface area contributed by atoms with Crippen molar-refractivity contribution in [3.8, 4) is 5.75 Å². The maximum atomic E-state index is 12.8. The first kappa shape index (κ1) is 22.3. The lowest BCUT2D eigenvalue weighted by molar-refractivity contribution is -0.137. The average Bonchev–Trinajstić information content (AvgIpc) is 2.73. The van der Waals surface area contributed by atoms with E-state index in [1.165, 1.54) is 24.0 Å². The van der Waals surface area contributed by atoms with Gasteiger partial charge >= 0.3 is 6.18 Å². The summed E-state index contributed by atoms with van der Waals surface area (Å²) in [5.41, 5.74) is 0.500. The van der Waals surface area contributed by atoms with Crippen molar-refractivity contribution in [2.24, 2.45) is 0 Å². The Kier molecular flexibility index (Phi) is 6.62. The summed E-state index contributed by atoms with van der Waals surface area (Å²) in [7, 11) is 0. The van der Waals surface area contributed by atoms with Gasteiger partial charge in [0.05, 0.1) is 11.3 Å². The third-order valence-corrected chi connectivity index (χ3v) is 4.84. The fraction of sp³-hybridized carbons (Fsp3) is 0.318. The number of nitrogens with one attached hydrogen (secondary N) is 1. The van der Waals surface area contributed by atoms with Crippen molar-refractivity contribution < 1.29 is 32.3 Å². The van der Waals surface area contributed by atoms with Crippen molar-refractivity contribution in [2.75, 3.05) is 18.1 Å². The highest BCUT2D eigenvalue weighted by Gasteiger charge is 2.30. The number of amides is 2. The number of benzene rings is 2. The first-order valence-corrected chi connectivity index (χ1v) is 9.66. The van der Waals surface area contributed by atoms with Gasteiger partial charge in [-0.1, -0.05) is 12.1 Å². The van der Waals surface area contributed by atoms with E-state index in [1.807, 2.05) is 0 Å². The van der Waals surface area contributed by atoms with Crippen LogP contribution in [0, 0.1) is 0 Å².